The minimum absolute atomic E-state index is 0.293. The van der Waals surface area contributed by atoms with Crippen LogP contribution >= 0.6 is 7.82 Å². The number of hydrogen-bond acceptors (Lipinski definition) is 5. The van der Waals surface area contributed by atoms with Crippen molar-refractivity contribution in [3.05, 3.63) is 0 Å². The van der Waals surface area contributed by atoms with Crippen LogP contribution in [0, 0.1) is 0 Å². The van der Waals surface area contributed by atoms with Crippen molar-refractivity contribution in [2.75, 3.05) is 13.2 Å². The van der Waals surface area contributed by atoms with E-state index in [-0.39, 0.29) is 6.61 Å². The molecule has 0 aromatic rings. The minimum Gasteiger partial charge on any atom is -0.463 e. The van der Waals surface area contributed by atoms with Crippen molar-refractivity contribution < 1.29 is 33.5 Å². The number of phosphoric acid groups is 1. The van der Waals surface area contributed by atoms with Crippen LogP contribution in [0.15, 0.2) is 0 Å². The van der Waals surface area contributed by atoms with E-state index in [0.29, 0.717) is 6.42 Å². The molecule has 0 radical (unpaired) electrons. The highest BCUT2D eigenvalue weighted by Crippen LogP contribution is 2.35. The fraction of sp³-hybridized carbons (Fsp3) is 0.929. The van der Waals surface area contributed by atoms with Crippen LogP contribution in [0.4, 0.5) is 0 Å². The Morgan fingerprint density at radius 2 is 1.55 bits per heavy atom. The summed E-state index contributed by atoms with van der Waals surface area (Å²) in [7, 11) is -4.60. The summed E-state index contributed by atoms with van der Waals surface area (Å²) in [6.45, 7) is 1.28. The molecule has 0 aliphatic rings. The van der Waals surface area contributed by atoms with Gasteiger partial charge in [0.05, 0.1) is 6.61 Å². The minimum atomic E-state index is -4.60. The summed E-state index contributed by atoms with van der Waals surface area (Å²) in [6.07, 6.45) is 8.10. The molecule has 0 amide bonds. The van der Waals surface area contributed by atoms with E-state index in [9.17, 15) is 14.5 Å². The molecule has 8 heteroatoms. The highest BCUT2D eigenvalue weighted by Gasteiger charge is 2.17. The summed E-state index contributed by atoms with van der Waals surface area (Å²) < 4.78 is 19.3. The number of aliphatic hydroxyl groups excluding tert-OH is 1. The van der Waals surface area contributed by atoms with E-state index in [2.05, 4.69) is 11.4 Å². The van der Waals surface area contributed by atoms with Gasteiger partial charge in [-0.25, -0.2) is 4.57 Å². The van der Waals surface area contributed by atoms with Gasteiger partial charge in [0.25, 0.3) is 0 Å². The zero-order valence-corrected chi connectivity index (χ0v) is 14.2. The molecule has 0 aromatic carbocycles. The molecule has 1 atom stereocenters. The first kappa shape index (κ1) is 21.5. The van der Waals surface area contributed by atoms with E-state index in [1.165, 1.54) is 32.1 Å². The number of phosphoric ester groups is 1. The molecule has 0 fully saturated rings. The maximum absolute atomic E-state index is 11.4. The molecule has 22 heavy (non-hydrogen) atoms. The van der Waals surface area contributed by atoms with Crippen molar-refractivity contribution >= 4 is 13.8 Å². The quantitative estimate of drug-likeness (QED) is 0.253. The largest absolute Gasteiger partial charge is 0.469 e. The first-order valence-corrected chi connectivity index (χ1v) is 9.42. The summed E-state index contributed by atoms with van der Waals surface area (Å²) in [4.78, 5) is 28.3. The van der Waals surface area contributed by atoms with Gasteiger partial charge >= 0.3 is 13.8 Å². The Balaban J connectivity index is 3.44. The van der Waals surface area contributed by atoms with Crippen LogP contribution in [-0.2, 0) is 18.6 Å². The van der Waals surface area contributed by atoms with Crippen molar-refractivity contribution in [2.24, 2.45) is 0 Å². The summed E-state index contributed by atoms with van der Waals surface area (Å²) in [5.74, 6) is -0.416. The molecule has 0 saturated heterocycles. The molecule has 7 nitrogen and oxygen atoms in total. The van der Waals surface area contributed by atoms with E-state index in [0.717, 1.165) is 19.3 Å². The fourth-order valence-electron chi connectivity index (χ4n) is 1.90. The van der Waals surface area contributed by atoms with Crippen LogP contribution in [0.5, 0.6) is 0 Å². The lowest BCUT2D eigenvalue weighted by molar-refractivity contribution is -0.147. The lowest BCUT2D eigenvalue weighted by Gasteiger charge is -2.12. The third kappa shape index (κ3) is 15.9. The standard InChI is InChI=1S/C14H29O7P/c1-2-3-4-5-6-7-8-9-10-14(16)20-11-13(15)12-21-22(17,18)19/h13,15H,2-12H2,1H3,(H2,17,18,19). The average Bonchev–Trinajstić information content (AvgIpc) is 2.45. The smallest absolute Gasteiger partial charge is 0.463 e. The van der Waals surface area contributed by atoms with Crippen LogP contribution in [0.25, 0.3) is 0 Å². The van der Waals surface area contributed by atoms with Gasteiger partial charge in [-0.2, -0.15) is 0 Å². The molecular formula is C14H29O7P. The van der Waals surface area contributed by atoms with Crippen LogP contribution in [0.1, 0.15) is 64.7 Å². The van der Waals surface area contributed by atoms with Crippen LogP contribution in [-0.4, -0.2) is 40.2 Å². The van der Waals surface area contributed by atoms with Gasteiger partial charge in [0.15, 0.2) is 0 Å². The molecule has 3 N–H and O–H groups in total. The summed E-state index contributed by atoms with van der Waals surface area (Å²) in [5.41, 5.74) is 0. The van der Waals surface area contributed by atoms with Gasteiger partial charge in [-0.05, 0) is 6.42 Å². The number of unbranched alkanes of at least 4 members (excludes halogenated alkanes) is 7. The topological polar surface area (TPSA) is 113 Å². The molecule has 0 aromatic heterocycles. The Labute approximate surface area is 132 Å². The van der Waals surface area contributed by atoms with Gasteiger partial charge in [-0.15, -0.1) is 0 Å². The Morgan fingerprint density at radius 1 is 1.00 bits per heavy atom. The number of aliphatic hydroxyl groups is 1. The normalized spacial score (nSPS) is 13.1. The van der Waals surface area contributed by atoms with E-state index in [1.807, 2.05) is 0 Å². The molecule has 0 spiro atoms. The summed E-state index contributed by atoms with van der Waals surface area (Å²) >= 11 is 0. The summed E-state index contributed by atoms with van der Waals surface area (Å²) in [5, 5.41) is 9.33. The number of carbonyl (C=O) groups excluding carboxylic acids is 1. The molecule has 0 saturated carbocycles. The molecule has 0 heterocycles. The number of rotatable bonds is 14. The Morgan fingerprint density at radius 3 is 2.09 bits per heavy atom. The van der Waals surface area contributed by atoms with Gasteiger partial charge in [-0.1, -0.05) is 51.9 Å². The van der Waals surface area contributed by atoms with Crippen molar-refractivity contribution in [1.82, 2.24) is 0 Å². The van der Waals surface area contributed by atoms with E-state index in [4.69, 9.17) is 14.5 Å². The second-order valence-corrected chi connectivity index (χ2v) is 6.59. The van der Waals surface area contributed by atoms with Gasteiger partial charge in [0, 0.05) is 6.42 Å². The van der Waals surface area contributed by atoms with Gasteiger partial charge in [0.1, 0.15) is 12.7 Å². The number of esters is 1. The summed E-state index contributed by atoms with van der Waals surface area (Å²) in [6, 6.07) is 0. The number of carbonyl (C=O) groups is 1. The van der Waals surface area contributed by atoms with Gasteiger partial charge in [0.2, 0.25) is 0 Å². The molecule has 1 unspecified atom stereocenters. The van der Waals surface area contributed by atoms with Gasteiger partial charge < -0.3 is 19.6 Å². The lowest BCUT2D eigenvalue weighted by atomic mass is 10.1. The Kier molecular flexibility index (Phi) is 12.8. The van der Waals surface area contributed by atoms with Gasteiger partial charge in [-0.3, -0.25) is 9.32 Å². The maximum Gasteiger partial charge on any atom is 0.469 e. The number of hydrogen-bond donors (Lipinski definition) is 3. The predicted molar refractivity (Wildman–Crippen MR) is 82.2 cm³/mol. The van der Waals surface area contributed by atoms with Crippen LogP contribution in [0.2, 0.25) is 0 Å². The van der Waals surface area contributed by atoms with Crippen molar-refractivity contribution in [1.29, 1.82) is 0 Å². The average molecular weight is 340 g/mol. The van der Waals surface area contributed by atoms with E-state index in [1.54, 1.807) is 0 Å². The zero-order valence-electron chi connectivity index (χ0n) is 13.3. The lowest BCUT2D eigenvalue weighted by Crippen LogP contribution is -2.23. The first-order chi connectivity index (χ1) is 10.3. The van der Waals surface area contributed by atoms with E-state index >= 15 is 0 Å². The second-order valence-electron chi connectivity index (χ2n) is 5.35. The monoisotopic (exact) mass is 340 g/mol. The highest BCUT2D eigenvalue weighted by atomic mass is 31.2. The third-order valence-corrected chi connectivity index (χ3v) is 3.59. The van der Waals surface area contributed by atoms with E-state index < -0.39 is 26.5 Å². The molecule has 0 aliphatic heterocycles. The second kappa shape index (κ2) is 13.0. The van der Waals surface area contributed by atoms with Crippen LogP contribution in [0.3, 0.4) is 0 Å². The predicted octanol–water partition coefficient (Wildman–Crippen LogP) is 2.53. The SMILES string of the molecule is CCCCCCCCCCC(=O)OCC(O)COP(=O)(O)O. The number of ether oxygens (including phenoxy) is 1. The maximum atomic E-state index is 11.4. The van der Waals surface area contributed by atoms with Crippen molar-refractivity contribution in [2.45, 2.75) is 70.8 Å². The molecule has 0 rings (SSSR count). The van der Waals surface area contributed by atoms with Crippen molar-refractivity contribution in [3.63, 3.8) is 0 Å². The fourth-order valence-corrected chi connectivity index (χ4v) is 2.26. The Bertz CT molecular complexity index is 329. The molecule has 132 valence electrons. The molecular weight excluding hydrogens is 311 g/mol. The first-order valence-electron chi connectivity index (χ1n) is 7.89. The Hall–Kier alpha value is -0.460. The van der Waals surface area contributed by atoms with Crippen molar-refractivity contribution in [3.8, 4) is 0 Å². The molecule has 0 aliphatic carbocycles. The molecule has 0 bridgehead atoms. The highest BCUT2D eigenvalue weighted by molar-refractivity contribution is 7.46. The third-order valence-electron chi connectivity index (χ3n) is 3.11. The zero-order chi connectivity index (χ0) is 16.8. The van der Waals surface area contributed by atoms with Crippen LogP contribution < -0.4 is 0 Å².